The van der Waals surface area contributed by atoms with Crippen LogP contribution in [0.15, 0.2) is 37.1 Å². The molecule has 0 saturated carbocycles. The largest absolute Gasteiger partial charge is 0.383 e. The standard InChI is InChI=1S/C12H13N5O2/c1-15(2)6-5-10-7-11(16-9-13-8-14-16)3-4-12(10)17(18)19/h3-9H,1-2H3. The highest BCUT2D eigenvalue weighted by atomic mass is 16.6. The molecule has 1 aromatic carbocycles. The first kappa shape index (κ1) is 12.7. The first-order chi connectivity index (χ1) is 9.08. The Bertz CT molecular complexity index is 605. The van der Waals surface area contributed by atoms with Gasteiger partial charge in [-0.2, -0.15) is 5.10 Å². The molecule has 0 aliphatic rings. The summed E-state index contributed by atoms with van der Waals surface area (Å²) in [6.45, 7) is 0. The molecule has 2 aromatic rings. The van der Waals surface area contributed by atoms with Gasteiger partial charge in [0.1, 0.15) is 12.7 Å². The second-order valence-corrected chi connectivity index (χ2v) is 4.12. The van der Waals surface area contributed by atoms with E-state index in [1.54, 1.807) is 35.4 Å². The van der Waals surface area contributed by atoms with Crippen LogP contribution in [-0.2, 0) is 0 Å². The summed E-state index contributed by atoms with van der Waals surface area (Å²) in [7, 11) is 3.70. The molecule has 98 valence electrons. The number of nitro groups is 1. The van der Waals surface area contributed by atoms with Gasteiger partial charge in [-0.05, 0) is 24.4 Å². The minimum Gasteiger partial charge on any atom is -0.383 e. The van der Waals surface area contributed by atoms with E-state index in [4.69, 9.17) is 0 Å². The van der Waals surface area contributed by atoms with E-state index in [1.807, 2.05) is 19.0 Å². The third-order valence-electron chi connectivity index (χ3n) is 2.44. The smallest absolute Gasteiger partial charge is 0.276 e. The van der Waals surface area contributed by atoms with Crippen molar-refractivity contribution < 1.29 is 4.92 Å². The van der Waals surface area contributed by atoms with Gasteiger partial charge in [-0.15, -0.1) is 0 Å². The van der Waals surface area contributed by atoms with Gasteiger partial charge < -0.3 is 4.90 Å². The van der Waals surface area contributed by atoms with Crippen molar-refractivity contribution in [2.24, 2.45) is 0 Å². The monoisotopic (exact) mass is 259 g/mol. The second-order valence-electron chi connectivity index (χ2n) is 4.12. The molecule has 0 fully saturated rings. The molecular formula is C12H13N5O2. The van der Waals surface area contributed by atoms with Crippen LogP contribution in [0.2, 0.25) is 0 Å². The number of benzene rings is 1. The zero-order chi connectivity index (χ0) is 13.8. The molecule has 0 unspecified atom stereocenters. The van der Waals surface area contributed by atoms with Gasteiger partial charge in [-0.1, -0.05) is 0 Å². The lowest BCUT2D eigenvalue weighted by molar-refractivity contribution is -0.385. The Morgan fingerprint density at radius 3 is 2.79 bits per heavy atom. The Morgan fingerprint density at radius 1 is 1.42 bits per heavy atom. The molecule has 0 N–H and O–H groups in total. The number of aromatic nitrogens is 3. The third kappa shape index (κ3) is 2.95. The zero-order valence-corrected chi connectivity index (χ0v) is 10.6. The van der Waals surface area contributed by atoms with Crippen molar-refractivity contribution in [2.45, 2.75) is 0 Å². The molecule has 0 aliphatic heterocycles. The molecule has 0 amide bonds. The average Bonchev–Trinajstić information content (AvgIpc) is 2.89. The van der Waals surface area contributed by atoms with E-state index in [1.165, 1.54) is 12.4 Å². The van der Waals surface area contributed by atoms with Crippen molar-refractivity contribution in [1.29, 1.82) is 0 Å². The Kier molecular flexibility index (Phi) is 3.56. The van der Waals surface area contributed by atoms with E-state index < -0.39 is 4.92 Å². The summed E-state index contributed by atoms with van der Waals surface area (Å²) in [5.41, 5.74) is 1.30. The van der Waals surface area contributed by atoms with E-state index in [0.29, 0.717) is 5.56 Å². The zero-order valence-electron chi connectivity index (χ0n) is 10.6. The summed E-state index contributed by atoms with van der Waals surface area (Å²) < 4.78 is 1.55. The fourth-order valence-corrected chi connectivity index (χ4v) is 1.56. The average molecular weight is 259 g/mol. The molecule has 0 spiro atoms. The maximum atomic E-state index is 11.0. The molecule has 2 rings (SSSR count). The molecule has 1 aromatic heterocycles. The van der Waals surface area contributed by atoms with Crippen LogP contribution in [-0.4, -0.2) is 38.7 Å². The van der Waals surface area contributed by atoms with Gasteiger partial charge >= 0.3 is 0 Å². The van der Waals surface area contributed by atoms with E-state index in [2.05, 4.69) is 10.1 Å². The summed E-state index contributed by atoms with van der Waals surface area (Å²) in [5.74, 6) is 0. The quantitative estimate of drug-likeness (QED) is 0.617. The Hall–Kier alpha value is -2.70. The number of hydrogen-bond acceptors (Lipinski definition) is 5. The van der Waals surface area contributed by atoms with Gasteiger partial charge in [0.15, 0.2) is 0 Å². The van der Waals surface area contributed by atoms with E-state index >= 15 is 0 Å². The van der Waals surface area contributed by atoms with Crippen molar-refractivity contribution >= 4 is 11.8 Å². The van der Waals surface area contributed by atoms with Gasteiger partial charge in [0.2, 0.25) is 0 Å². The van der Waals surface area contributed by atoms with Crippen LogP contribution in [0, 0.1) is 10.1 Å². The maximum Gasteiger partial charge on any atom is 0.276 e. The fourth-order valence-electron chi connectivity index (χ4n) is 1.56. The minimum absolute atomic E-state index is 0.0574. The summed E-state index contributed by atoms with van der Waals surface area (Å²) in [4.78, 5) is 16.2. The predicted molar refractivity (Wildman–Crippen MR) is 70.7 cm³/mol. The molecule has 7 nitrogen and oxygen atoms in total. The molecule has 7 heteroatoms. The number of nitro benzene ring substituents is 1. The lowest BCUT2D eigenvalue weighted by Crippen LogP contribution is -2.01. The normalized spacial score (nSPS) is 10.8. The molecular weight excluding hydrogens is 246 g/mol. The maximum absolute atomic E-state index is 11.0. The predicted octanol–water partition coefficient (Wildman–Crippen LogP) is 1.71. The Labute approximate surface area is 109 Å². The molecule has 1 heterocycles. The van der Waals surface area contributed by atoms with Crippen LogP contribution in [0.4, 0.5) is 5.69 Å². The molecule has 0 radical (unpaired) electrons. The highest BCUT2D eigenvalue weighted by Gasteiger charge is 2.12. The lowest BCUT2D eigenvalue weighted by Gasteiger charge is -2.05. The summed E-state index contributed by atoms with van der Waals surface area (Å²) >= 11 is 0. The van der Waals surface area contributed by atoms with Crippen molar-refractivity contribution in [3.05, 3.63) is 52.7 Å². The van der Waals surface area contributed by atoms with Gasteiger partial charge in [0.05, 0.1) is 16.2 Å². The molecule has 19 heavy (non-hydrogen) atoms. The van der Waals surface area contributed by atoms with E-state index in [0.717, 1.165) is 5.69 Å². The Balaban J connectivity index is 2.47. The van der Waals surface area contributed by atoms with Crippen LogP contribution in [0.1, 0.15) is 5.56 Å². The SMILES string of the molecule is CN(C)C=Cc1cc(-n2cncn2)ccc1[N+](=O)[O-]. The van der Waals surface area contributed by atoms with Crippen LogP contribution in [0.5, 0.6) is 0 Å². The van der Waals surface area contributed by atoms with Crippen molar-refractivity contribution in [3.8, 4) is 5.69 Å². The van der Waals surface area contributed by atoms with E-state index in [9.17, 15) is 10.1 Å². The Morgan fingerprint density at radius 2 is 2.21 bits per heavy atom. The molecule has 0 bridgehead atoms. The summed E-state index contributed by atoms with van der Waals surface area (Å²) in [5, 5.41) is 15.0. The van der Waals surface area contributed by atoms with Crippen LogP contribution < -0.4 is 0 Å². The highest BCUT2D eigenvalue weighted by Crippen LogP contribution is 2.23. The molecule has 0 saturated heterocycles. The highest BCUT2D eigenvalue weighted by molar-refractivity contribution is 5.63. The second kappa shape index (κ2) is 5.30. The van der Waals surface area contributed by atoms with Crippen LogP contribution in [0.3, 0.4) is 0 Å². The fraction of sp³-hybridized carbons (Fsp3) is 0.167. The van der Waals surface area contributed by atoms with Gasteiger partial charge in [0, 0.05) is 20.2 Å². The van der Waals surface area contributed by atoms with Crippen molar-refractivity contribution in [3.63, 3.8) is 0 Å². The van der Waals surface area contributed by atoms with E-state index in [-0.39, 0.29) is 5.69 Å². The first-order valence-corrected chi connectivity index (χ1v) is 5.56. The minimum atomic E-state index is -0.402. The lowest BCUT2D eigenvalue weighted by atomic mass is 10.1. The van der Waals surface area contributed by atoms with Crippen LogP contribution >= 0.6 is 0 Å². The number of nitrogens with zero attached hydrogens (tertiary/aromatic N) is 5. The molecule has 0 aliphatic carbocycles. The molecule has 0 atom stereocenters. The van der Waals surface area contributed by atoms with Crippen molar-refractivity contribution in [2.75, 3.05) is 14.1 Å². The van der Waals surface area contributed by atoms with Gasteiger partial charge in [-0.25, -0.2) is 9.67 Å². The topological polar surface area (TPSA) is 77.1 Å². The van der Waals surface area contributed by atoms with Gasteiger partial charge in [0.25, 0.3) is 5.69 Å². The number of hydrogen-bond donors (Lipinski definition) is 0. The van der Waals surface area contributed by atoms with Crippen molar-refractivity contribution in [1.82, 2.24) is 19.7 Å². The van der Waals surface area contributed by atoms with Gasteiger partial charge in [-0.3, -0.25) is 10.1 Å². The summed E-state index contributed by atoms with van der Waals surface area (Å²) in [6.07, 6.45) is 6.41. The van der Waals surface area contributed by atoms with Crippen LogP contribution in [0.25, 0.3) is 11.8 Å². The number of rotatable bonds is 4. The summed E-state index contributed by atoms with van der Waals surface area (Å²) in [6, 6.07) is 4.80. The first-order valence-electron chi connectivity index (χ1n) is 5.56. The third-order valence-corrected chi connectivity index (χ3v) is 2.44.